The van der Waals surface area contributed by atoms with Crippen molar-refractivity contribution in [2.75, 3.05) is 6.61 Å². The van der Waals surface area contributed by atoms with Crippen LogP contribution >= 0.6 is 0 Å². The van der Waals surface area contributed by atoms with Gasteiger partial charge in [0.15, 0.2) is 0 Å². The van der Waals surface area contributed by atoms with Crippen molar-refractivity contribution in [3.05, 3.63) is 158 Å². The number of benzene rings is 7. The lowest BCUT2D eigenvalue weighted by molar-refractivity contribution is 0.362. The second-order valence-corrected chi connectivity index (χ2v) is 14.0. The van der Waals surface area contributed by atoms with E-state index in [0.717, 1.165) is 127 Å². The van der Waals surface area contributed by atoms with Crippen LogP contribution in [0, 0.1) is 0 Å². The summed E-state index contributed by atoms with van der Waals surface area (Å²) in [5.74, 6) is 0.766. The molecule has 0 saturated heterocycles. The number of para-hydroxylation sites is 1. The molecule has 1 aliphatic heterocycles. The first-order valence-electron chi connectivity index (χ1n) is 18.0. The molecule has 1 aliphatic rings. The lowest BCUT2D eigenvalue weighted by Crippen LogP contribution is -1.96. The molecule has 12 rings (SSSR count). The Labute approximate surface area is 307 Å². The molecule has 0 unspecified atom stereocenters. The van der Waals surface area contributed by atoms with Crippen LogP contribution in [-0.2, 0) is 0 Å². The molecule has 7 aromatic carbocycles. The Morgan fingerprint density at radius 2 is 0.944 bits per heavy atom. The molecule has 0 spiro atoms. The van der Waals surface area contributed by atoms with Gasteiger partial charge in [0.05, 0.1) is 10.9 Å². The molecule has 54 heavy (non-hydrogen) atoms. The monoisotopic (exact) mass is 696 g/mol. The third kappa shape index (κ3) is 4.21. The summed E-state index contributed by atoms with van der Waals surface area (Å²) in [7, 11) is 0. The lowest BCUT2D eigenvalue weighted by Gasteiger charge is -2.10. The zero-order valence-electron chi connectivity index (χ0n) is 28.8. The van der Waals surface area contributed by atoms with E-state index in [1.165, 1.54) is 0 Å². The fraction of sp³-hybridized carbons (Fsp3) is 0.0204. The lowest BCUT2D eigenvalue weighted by atomic mass is 9.98. The number of rotatable bonds is 2. The average Bonchev–Trinajstić information content (AvgIpc) is 3.98. The Morgan fingerprint density at radius 1 is 0.426 bits per heavy atom. The van der Waals surface area contributed by atoms with E-state index < -0.39 is 0 Å². The van der Waals surface area contributed by atoms with Gasteiger partial charge in [0, 0.05) is 37.7 Å². The summed E-state index contributed by atoms with van der Waals surface area (Å²) in [6, 6.07) is 42.0. The van der Waals surface area contributed by atoms with Crippen LogP contribution in [0.2, 0.25) is 0 Å². The third-order valence-electron chi connectivity index (χ3n) is 10.9. The van der Waals surface area contributed by atoms with Crippen LogP contribution in [0.15, 0.2) is 170 Å². The molecule has 0 saturated carbocycles. The van der Waals surface area contributed by atoms with Gasteiger partial charge in [-0.05, 0) is 113 Å². The van der Waals surface area contributed by atoms with Crippen LogP contribution in [0.1, 0.15) is 5.56 Å². The van der Waals surface area contributed by atoms with Crippen molar-refractivity contribution in [2.24, 2.45) is 0 Å². The van der Waals surface area contributed by atoms with Crippen LogP contribution in [0.3, 0.4) is 0 Å². The van der Waals surface area contributed by atoms with Gasteiger partial charge in [0.25, 0.3) is 0 Å². The van der Waals surface area contributed by atoms with Crippen molar-refractivity contribution in [1.29, 1.82) is 0 Å². The van der Waals surface area contributed by atoms with Gasteiger partial charge < -0.3 is 22.4 Å². The van der Waals surface area contributed by atoms with Crippen LogP contribution in [0.5, 0.6) is 5.75 Å². The first-order chi connectivity index (χ1) is 26.6. The van der Waals surface area contributed by atoms with Gasteiger partial charge in [0.2, 0.25) is 0 Å². The number of hydrogen-bond donors (Lipinski definition) is 0. The molecule has 0 aliphatic carbocycles. The minimum Gasteiger partial charge on any atom is -0.489 e. The maximum Gasteiger partial charge on any atom is 0.147 e. The van der Waals surface area contributed by atoms with Crippen LogP contribution in [0.4, 0.5) is 0 Å². The molecule has 254 valence electrons. The zero-order valence-corrected chi connectivity index (χ0v) is 28.8. The molecule has 5 nitrogen and oxygen atoms in total. The molecule has 11 aromatic rings. The molecule has 0 N–H and O–H groups in total. The predicted octanol–water partition coefficient (Wildman–Crippen LogP) is 14.1. The van der Waals surface area contributed by atoms with Crippen molar-refractivity contribution in [2.45, 2.75) is 0 Å². The number of ether oxygens (including phenoxy) is 1. The van der Waals surface area contributed by atoms with Crippen molar-refractivity contribution in [3.8, 4) is 28.0 Å². The highest BCUT2D eigenvalue weighted by Crippen LogP contribution is 2.43. The molecule has 4 aromatic heterocycles. The largest absolute Gasteiger partial charge is 0.489 e. The molecule has 0 bridgehead atoms. The second-order valence-electron chi connectivity index (χ2n) is 14.0. The van der Waals surface area contributed by atoms with Gasteiger partial charge in [-0.2, -0.15) is 0 Å². The molecule has 0 atom stereocenters. The van der Waals surface area contributed by atoms with E-state index in [1.807, 2.05) is 54.6 Å². The summed E-state index contributed by atoms with van der Waals surface area (Å²) in [5, 5.41) is 8.42. The molecule has 0 amide bonds. The highest BCUT2D eigenvalue weighted by atomic mass is 16.5. The van der Waals surface area contributed by atoms with Crippen LogP contribution in [0.25, 0.3) is 116 Å². The Bertz CT molecular complexity index is 3470. The van der Waals surface area contributed by atoms with Crippen molar-refractivity contribution in [3.63, 3.8) is 0 Å². The molecule has 5 heterocycles. The Kier molecular flexibility index (Phi) is 5.92. The topological polar surface area (TPSA) is 61.8 Å². The van der Waals surface area contributed by atoms with Crippen molar-refractivity contribution >= 4 is 93.3 Å². The van der Waals surface area contributed by atoms with Crippen molar-refractivity contribution in [1.82, 2.24) is 0 Å². The summed E-state index contributed by atoms with van der Waals surface area (Å²) >= 11 is 0. The second kappa shape index (κ2) is 10.9. The summed E-state index contributed by atoms with van der Waals surface area (Å²) in [6.45, 7) is 4.81. The van der Waals surface area contributed by atoms with Gasteiger partial charge >= 0.3 is 0 Å². The molecular weight excluding hydrogens is 669 g/mol. The van der Waals surface area contributed by atoms with Crippen LogP contribution in [-0.4, -0.2) is 6.61 Å². The number of fused-ring (bicyclic) bond motifs is 15. The summed E-state index contributed by atoms with van der Waals surface area (Å²) in [6.07, 6.45) is 7.94. The predicted molar refractivity (Wildman–Crippen MR) is 219 cm³/mol. The quantitative estimate of drug-likeness (QED) is 0.180. The summed E-state index contributed by atoms with van der Waals surface area (Å²) in [5.41, 5.74) is 12.8. The first-order valence-corrected chi connectivity index (χ1v) is 18.0. The molecular formula is C49H28O5. The molecule has 5 heteroatoms. The maximum absolute atomic E-state index is 6.49. The Hall–Kier alpha value is -7.24. The van der Waals surface area contributed by atoms with Gasteiger partial charge in [0.1, 0.15) is 57.0 Å². The van der Waals surface area contributed by atoms with Gasteiger partial charge in [-0.3, -0.25) is 0 Å². The highest BCUT2D eigenvalue weighted by Gasteiger charge is 2.20. The van der Waals surface area contributed by atoms with E-state index in [-0.39, 0.29) is 0 Å². The Morgan fingerprint density at radius 3 is 1.63 bits per heavy atom. The first kappa shape index (κ1) is 29.3. The summed E-state index contributed by atoms with van der Waals surface area (Å²) < 4.78 is 31.5. The molecule has 0 radical (unpaired) electrons. The standard InChI is InChI=1S/C49H28O5/c1-27-7-3-2-6-22-50-44-20-14-32-35-23-28(12-18-42(35)53-48(32)46(27)44)30-10-16-40-37(25-30)38-26-31(11-17-41(38)51-40)29-13-19-43-36(24-29)33-15-21-45-47(49(33)54-43)34-8-4-5-9-39(34)52-45/h2-21,23-26H,1,22H2/b6-2-,7-3-. The van der Waals surface area contributed by atoms with E-state index in [2.05, 4.69) is 97.6 Å². The fourth-order valence-corrected chi connectivity index (χ4v) is 8.31. The third-order valence-corrected chi connectivity index (χ3v) is 10.9. The zero-order chi connectivity index (χ0) is 35.5. The van der Waals surface area contributed by atoms with Gasteiger partial charge in [-0.15, -0.1) is 0 Å². The van der Waals surface area contributed by atoms with Gasteiger partial charge in [-0.25, -0.2) is 0 Å². The SMILES string of the molecule is C=C1/C=C\C=C/COc2ccc3c(oc4ccc(-c5ccc6oc7ccc(-c8ccc9oc%10c(ccc%11oc%12ccccc%12c%11%10)c9c8)cc7c6c5)cc43)c21. The normalized spacial score (nSPS) is 14.7. The van der Waals surface area contributed by atoms with Crippen LogP contribution < -0.4 is 4.74 Å². The average molecular weight is 697 g/mol. The smallest absolute Gasteiger partial charge is 0.147 e. The summed E-state index contributed by atoms with van der Waals surface area (Å²) in [4.78, 5) is 0. The molecule has 0 fully saturated rings. The fourth-order valence-electron chi connectivity index (χ4n) is 8.31. The van der Waals surface area contributed by atoms with E-state index in [1.54, 1.807) is 0 Å². The maximum atomic E-state index is 6.49. The van der Waals surface area contributed by atoms with E-state index >= 15 is 0 Å². The number of allylic oxidation sites excluding steroid dienone is 4. The van der Waals surface area contributed by atoms with E-state index in [4.69, 9.17) is 22.4 Å². The van der Waals surface area contributed by atoms with E-state index in [0.29, 0.717) is 6.61 Å². The van der Waals surface area contributed by atoms with Crippen molar-refractivity contribution < 1.29 is 22.4 Å². The number of furan rings is 4. The minimum atomic E-state index is 0.484. The highest BCUT2D eigenvalue weighted by molar-refractivity contribution is 6.22. The van der Waals surface area contributed by atoms with E-state index in [9.17, 15) is 0 Å². The number of hydrogen-bond acceptors (Lipinski definition) is 5. The van der Waals surface area contributed by atoms with Gasteiger partial charge in [-0.1, -0.05) is 67.3 Å². The minimum absolute atomic E-state index is 0.484. The Balaban J connectivity index is 0.964.